The Kier molecular flexibility index (Phi) is 22.4. The fourth-order valence-electron chi connectivity index (χ4n) is 11.4. The van der Waals surface area contributed by atoms with E-state index in [1.165, 1.54) is 35.2 Å². The standard InChI is InChI=1S/C57H85N3O16/c1-12-39-25-32(2)24-33(3)26-46(72-10)49-47(73-11)28-35(5)57(70,75-49)50(63)51(64)60-23-17-16-20-42(60)53(67)74-48(36(6)43(61)31-44(39)62)34(4)27-38-21-22-40(45(30-38)71-9)58-54(68)56(7,8)76-55(69)59-41(52(65)66)29-37-18-14-13-15-19-37/h13-15,18-19,25,27,33,35-36,38-43,45-49,61,70H,12,16-17,20-24,26,28-31H2,1-11H3,(H,58,68)(H,59,69)(H,65,66)/t33?,35?,36?,38?,39?,40?,41-,42?,43?,45?,46?,47?,48?,49?,57?/m1/s1. The largest absolute Gasteiger partial charge is 0.480 e. The van der Waals surface area contributed by atoms with Crippen LogP contribution in [-0.2, 0) is 63.6 Å². The van der Waals surface area contributed by atoms with Gasteiger partial charge in [0.15, 0.2) is 5.60 Å². The lowest BCUT2D eigenvalue weighted by molar-refractivity contribution is -0.302. The zero-order valence-corrected chi connectivity index (χ0v) is 46.4. The minimum absolute atomic E-state index is 0.000697. The number of amides is 3. The van der Waals surface area contributed by atoms with Gasteiger partial charge in [0, 0.05) is 58.5 Å². The van der Waals surface area contributed by atoms with Crippen LogP contribution in [0.2, 0.25) is 0 Å². The number of cyclic esters (lactones) is 1. The number of carboxylic acids is 1. The Balaban J connectivity index is 1.39. The van der Waals surface area contributed by atoms with Crippen LogP contribution >= 0.6 is 0 Å². The number of fused-ring (bicyclic) bond motifs is 3. The van der Waals surface area contributed by atoms with Gasteiger partial charge in [0.2, 0.25) is 5.79 Å². The van der Waals surface area contributed by atoms with Gasteiger partial charge < -0.3 is 59.3 Å². The second kappa shape index (κ2) is 27.5. The third-order valence-corrected chi connectivity index (χ3v) is 16.0. The van der Waals surface area contributed by atoms with E-state index in [4.69, 9.17) is 28.4 Å². The molecule has 76 heavy (non-hydrogen) atoms. The number of aliphatic carboxylic acids is 1. The van der Waals surface area contributed by atoms with Crippen molar-refractivity contribution in [2.45, 2.75) is 199 Å². The first-order valence-corrected chi connectivity index (χ1v) is 27.1. The molecule has 1 saturated carbocycles. The van der Waals surface area contributed by atoms with Crippen LogP contribution in [0.25, 0.3) is 0 Å². The topological polar surface area (TPSA) is 263 Å². The average molecular weight is 1070 g/mol. The summed E-state index contributed by atoms with van der Waals surface area (Å²) in [6, 6.07) is 5.72. The number of methoxy groups -OCH3 is 3. The van der Waals surface area contributed by atoms with Gasteiger partial charge in [0.25, 0.3) is 17.6 Å². The number of hydrogen-bond acceptors (Lipinski definition) is 15. The van der Waals surface area contributed by atoms with Crippen molar-refractivity contribution >= 4 is 41.4 Å². The summed E-state index contributed by atoms with van der Waals surface area (Å²) in [4.78, 5) is 97.3. The first kappa shape index (κ1) is 61.8. The van der Waals surface area contributed by atoms with Crippen molar-refractivity contribution in [1.82, 2.24) is 15.5 Å². The normalized spacial score (nSPS) is 33.4. The maximum Gasteiger partial charge on any atom is 0.408 e. The monoisotopic (exact) mass is 1070 g/mol. The van der Waals surface area contributed by atoms with Crippen LogP contribution in [0.3, 0.4) is 0 Å². The van der Waals surface area contributed by atoms with Gasteiger partial charge in [0.05, 0.1) is 30.5 Å². The van der Waals surface area contributed by atoms with Gasteiger partial charge in [-0.05, 0) is 115 Å². The molecule has 3 amide bonds. The number of hydrogen-bond donors (Lipinski definition) is 5. The van der Waals surface area contributed by atoms with E-state index in [-0.39, 0.29) is 49.8 Å². The van der Waals surface area contributed by atoms with Crippen LogP contribution in [-0.4, -0.2) is 156 Å². The van der Waals surface area contributed by atoms with Gasteiger partial charge in [-0.2, -0.15) is 0 Å². The summed E-state index contributed by atoms with van der Waals surface area (Å²) in [5.74, 6) is -10.2. The number of piperidine rings is 1. The highest BCUT2D eigenvalue weighted by molar-refractivity contribution is 6.39. The van der Waals surface area contributed by atoms with Crippen molar-refractivity contribution in [3.63, 3.8) is 0 Å². The SMILES string of the molecule is CCC1C=C(C)CC(C)CC(OC)C2OC(O)(C(=O)C(=O)N3CCCCC3C(=O)OC(C(C)=CC3CCC(NC(=O)C(C)(C)OC(=O)N[C@H](Cc4ccccc4)C(=O)O)C(OC)C3)C(C)C(O)CC1=O)C(C)CC2OC. The predicted molar refractivity (Wildman–Crippen MR) is 279 cm³/mol. The number of ketones is 2. The number of alkyl carbamates (subject to hydrolysis) is 1. The van der Waals surface area contributed by atoms with Crippen molar-refractivity contribution in [2.24, 2.45) is 29.6 Å². The number of Topliss-reactive ketones (excluding diaryl/α,β-unsaturated/α-hetero) is 2. The fraction of sp³-hybridized carbons (Fsp3) is 0.702. The Morgan fingerprint density at radius 3 is 2.21 bits per heavy atom. The summed E-state index contributed by atoms with van der Waals surface area (Å²) < 4.78 is 35.8. The molecule has 4 aliphatic rings. The molecule has 19 heteroatoms. The number of ether oxygens (including phenoxy) is 6. The minimum Gasteiger partial charge on any atom is -0.480 e. The number of carboxylic acid groups (broad SMARTS) is 1. The number of benzene rings is 1. The second-order valence-electron chi connectivity index (χ2n) is 22.3. The highest BCUT2D eigenvalue weighted by Crippen LogP contribution is 2.39. The second-order valence-corrected chi connectivity index (χ2v) is 22.3. The number of aliphatic hydroxyl groups excluding tert-OH is 1. The Morgan fingerprint density at radius 2 is 1.58 bits per heavy atom. The van der Waals surface area contributed by atoms with E-state index in [1.807, 2.05) is 32.9 Å². The predicted octanol–water partition coefficient (Wildman–Crippen LogP) is 5.80. The molecular weight excluding hydrogens is 983 g/mol. The number of nitrogens with one attached hydrogen (secondary N) is 2. The summed E-state index contributed by atoms with van der Waals surface area (Å²) in [6.07, 6.45) is 1.68. The van der Waals surface area contributed by atoms with Crippen LogP contribution in [0.4, 0.5) is 4.79 Å². The molecule has 19 nitrogen and oxygen atoms in total. The smallest absolute Gasteiger partial charge is 0.408 e. The Labute approximate surface area is 448 Å². The fourth-order valence-corrected chi connectivity index (χ4v) is 11.4. The molecule has 15 atom stereocenters. The van der Waals surface area contributed by atoms with Gasteiger partial charge in [-0.3, -0.25) is 19.2 Å². The molecule has 3 heterocycles. The molecule has 424 valence electrons. The van der Waals surface area contributed by atoms with E-state index >= 15 is 0 Å². The van der Waals surface area contributed by atoms with E-state index in [0.717, 1.165) is 10.5 Å². The molecule has 5 N–H and O–H groups in total. The van der Waals surface area contributed by atoms with E-state index in [1.54, 1.807) is 51.1 Å². The van der Waals surface area contributed by atoms with Crippen molar-refractivity contribution in [3.8, 4) is 0 Å². The lowest BCUT2D eigenvalue weighted by Gasteiger charge is -2.47. The van der Waals surface area contributed by atoms with Crippen molar-refractivity contribution in [3.05, 3.63) is 59.2 Å². The van der Waals surface area contributed by atoms with Gasteiger partial charge in [-0.25, -0.2) is 14.4 Å². The maximum absolute atomic E-state index is 14.6. The number of carbonyl (C=O) groups excluding carboxylic acids is 6. The number of allylic oxidation sites excluding steroid dienone is 3. The summed E-state index contributed by atoms with van der Waals surface area (Å²) in [7, 11) is 4.54. The van der Waals surface area contributed by atoms with Crippen LogP contribution in [0.1, 0.15) is 132 Å². The summed E-state index contributed by atoms with van der Waals surface area (Å²) in [6.45, 7) is 13.8. The molecule has 1 aliphatic carbocycles. The number of aliphatic hydroxyl groups is 2. The van der Waals surface area contributed by atoms with E-state index in [9.17, 15) is 48.9 Å². The van der Waals surface area contributed by atoms with Gasteiger partial charge >= 0.3 is 18.0 Å². The number of esters is 1. The van der Waals surface area contributed by atoms with Crippen molar-refractivity contribution < 1.29 is 77.3 Å². The zero-order chi connectivity index (χ0) is 56.2. The lowest BCUT2D eigenvalue weighted by atomic mass is 9.80. The zero-order valence-electron chi connectivity index (χ0n) is 46.4. The quantitative estimate of drug-likeness (QED) is 0.0888. The minimum atomic E-state index is -2.56. The Hall–Kier alpha value is -5.05. The molecular formula is C57H85N3O16. The molecule has 14 unspecified atom stereocenters. The first-order valence-electron chi connectivity index (χ1n) is 27.1. The first-order chi connectivity index (χ1) is 35.9. The van der Waals surface area contributed by atoms with Gasteiger partial charge in [-0.15, -0.1) is 0 Å². The molecule has 1 aromatic rings. The Bertz CT molecular complexity index is 2250. The molecule has 2 bridgehead atoms. The molecule has 1 aromatic carbocycles. The summed E-state index contributed by atoms with van der Waals surface area (Å²) >= 11 is 0. The van der Waals surface area contributed by atoms with Gasteiger partial charge in [0.1, 0.15) is 30.1 Å². The number of carbonyl (C=O) groups is 7. The third-order valence-electron chi connectivity index (χ3n) is 16.0. The van der Waals surface area contributed by atoms with E-state index < -0.39 is 120 Å². The van der Waals surface area contributed by atoms with Crippen LogP contribution < -0.4 is 10.6 Å². The van der Waals surface area contributed by atoms with E-state index in [2.05, 4.69) is 10.6 Å². The van der Waals surface area contributed by atoms with Crippen molar-refractivity contribution in [1.29, 1.82) is 0 Å². The average Bonchev–Trinajstić information content (AvgIpc) is 3.38. The molecule has 3 aliphatic heterocycles. The molecule has 0 radical (unpaired) electrons. The van der Waals surface area contributed by atoms with E-state index in [0.29, 0.717) is 62.5 Å². The third kappa shape index (κ3) is 15.6. The van der Waals surface area contributed by atoms with Gasteiger partial charge in [-0.1, -0.05) is 75.8 Å². The number of rotatable bonds is 13. The summed E-state index contributed by atoms with van der Waals surface area (Å²) in [5, 5.41) is 39.2. The van der Waals surface area contributed by atoms with Crippen LogP contribution in [0, 0.1) is 29.6 Å². The molecule has 3 fully saturated rings. The molecule has 2 saturated heterocycles. The Morgan fingerprint density at radius 1 is 0.921 bits per heavy atom. The number of nitrogens with zero attached hydrogens (tertiary/aromatic N) is 1. The van der Waals surface area contributed by atoms with Crippen LogP contribution in [0.15, 0.2) is 53.6 Å². The highest BCUT2D eigenvalue weighted by Gasteiger charge is 2.57. The maximum atomic E-state index is 14.6. The molecule has 0 aromatic heterocycles. The van der Waals surface area contributed by atoms with Crippen molar-refractivity contribution in [2.75, 3.05) is 27.9 Å². The summed E-state index contributed by atoms with van der Waals surface area (Å²) in [5.41, 5.74) is 0.487. The lowest BCUT2D eigenvalue weighted by Crippen LogP contribution is -2.64. The highest BCUT2D eigenvalue weighted by atomic mass is 16.7. The molecule has 5 rings (SSSR count). The van der Waals surface area contributed by atoms with Crippen LogP contribution in [0.5, 0.6) is 0 Å². The molecule has 0 spiro atoms.